The Hall–Kier alpha value is -1.92. The van der Waals surface area contributed by atoms with Crippen LogP contribution in [-0.4, -0.2) is 48.0 Å². The van der Waals surface area contributed by atoms with Crippen molar-refractivity contribution in [3.63, 3.8) is 0 Å². The largest absolute Gasteiger partial charge is 0.506 e. The van der Waals surface area contributed by atoms with Gasteiger partial charge in [0.2, 0.25) is 11.8 Å². The lowest BCUT2D eigenvalue weighted by molar-refractivity contribution is -0.130. The summed E-state index contributed by atoms with van der Waals surface area (Å²) in [5, 5.41) is 16.1. The van der Waals surface area contributed by atoms with Gasteiger partial charge in [-0.25, -0.2) is 0 Å². The Morgan fingerprint density at radius 1 is 1.27 bits per heavy atom. The van der Waals surface area contributed by atoms with Crippen LogP contribution in [0.25, 0.3) is 0 Å². The highest BCUT2D eigenvalue weighted by molar-refractivity contribution is 6.42. The van der Waals surface area contributed by atoms with Crippen LogP contribution in [0.5, 0.6) is 5.75 Å². The number of carbonyl (C=O) groups excluding carboxylic acids is 2. The quantitative estimate of drug-likeness (QED) is 0.486. The van der Waals surface area contributed by atoms with Crippen LogP contribution in [0.15, 0.2) is 24.8 Å². The second-order valence-electron chi connectivity index (χ2n) is 6.25. The standard InChI is InChI=1S/C18H23Cl2N3O3/c1-2-17(25)21-6-3-12-4-7-23(8-5-12)18(26)11-22-15-9-13(19)14(20)10-16(15)24/h2,9-10,12,22,24H,1,3-8,11H2,(H,21,25). The Morgan fingerprint density at radius 2 is 1.92 bits per heavy atom. The molecule has 1 aliphatic rings. The Labute approximate surface area is 163 Å². The predicted molar refractivity (Wildman–Crippen MR) is 104 cm³/mol. The van der Waals surface area contributed by atoms with Crippen LogP contribution in [0, 0.1) is 5.92 Å². The second kappa shape index (κ2) is 9.69. The van der Waals surface area contributed by atoms with Gasteiger partial charge in [0.15, 0.2) is 0 Å². The van der Waals surface area contributed by atoms with Crippen molar-refractivity contribution in [1.82, 2.24) is 10.2 Å². The van der Waals surface area contributed by atoms with E-state index >= 15 is 0 Å². The molecular weight excluding hydrogens is 377 g/mol. The Kier molecular flexibility index (Phi) is 7.60. The van der Waals surface area contributed by atoms with E-state index in [1.807, 2.05) is 0 Å². The summed E-state index contributed by atoms with van der Waals surface area (Å²) in [5.41, 5.74) is 0.376. The van der Waals surface area contributed by atoms with Gasteiger partial charge in [-0.05, 0) is 37.3 Å². The number of rotatable bonds is 7. The molecule has 26 heavy (non-hydrogen) atoms. The fourth-order valence-corrected chi connectivity index (χ4v) is 3.22. The maximum Gasteiger partial charge on any atom is 0.243 e. The minimum Gasteiger partial charge on any atom is -0.506 e. The fourth-order valence-electron chi connectivity index (χ4n) is 2.90. The fraction of sp³-hybridized carbons (Fsp3) is 0.444. The van der Waals surface area contributed by atoms with Crippen LogP contribution in [0.2, 0.25) is 10.0 Å². The van der Waals surface area contributed by atoms with Gasteiger partial charge in [0.25, 0.3) is 0 Å². The molecule has 1 aromatic rings. The molecule has 0 unspecified atom stereocenters. The van der Waals surface area contributed by atoms with Crippen molar-refractivity contribution in [2.24, 2.45) is 5.92 Å². The number of phenols is 1. The molecule has 3 N–H and O–H groups in total. The highest BCUT2D eigenvalue weighted by Crippen LogP contribution is 2.33. The number of phenolic OH excluding ortho intramolecular Hbond substituents is 1. The van der Waals surface area contributed by atoms with E-state index in [9.17, 15) is 14.7 Å². The Balaban J connectivity index is 1.74. The Bertz CT molecular complexity index is 674. The van der Waals surface area contributed by atoms with Gasteiger partial charge in [0.05, 0.1) is 22.3 Å². The zero-order valence-corrected chi connectivity index (χ0v) is 15.9. The summed E-state index contributed by atoms with van der Waals surface area (Å²) in [6.45, 7) is 5.50. The molecule has 0 aliphatic carbocycles. The van der Waals surface area contributed by atoms with E-state index in [4.69, 9.17) is 23.2 Å². The molecule has 0 saturated carbocycles. The average molecular weight is 400 g/mol. The van der Waals surface area contributed by atoms with Gasteiger partial charge in [-0.3, -0.25) is 9.59 Å². The summed E-state index contributed by atoms with van der Waals surface area (Å²) in [5.74, 6) is 0.256. The molecule has 142 valence electrons. The van der Waals surface area contributed by atoms with Crippen molar-refractivity contribution in [2.45, 2.75) is 19.3 Å². The number of likely N-dealkylation sites (tertiary alicyclic amines) is 1. The normalized spacial score (nSPS) is 14.8. The SMILES string of the molecule is C=CC(=O)NCCC1CCN(C(=O)CNc2cc(Cl)c(Cl)cc2O)CC1. The van der Waals surface area contributed by atoms with Crippen molar-refractivity contribution >= 4 is 40.7 Å². The number of carbonyl (C=O) groups is 2. The van der Waals surface area contributed by atoms with Gasteiger partial charge in [0.1, 0.15) is 5.75 Å². The molecule has 0 aromatic heterocycles. The summed E-state index contributed by atoms with van der Waals surface area (Å²) < 4.78 is 0. The highest BCUT2D eigenvalue weighted by atomic mass is 35.5. The summed E-state index contributed by atoms with van der Waals surface area (Å²) >= 11 is 11.7. The monoisotopic (exact) mass is 399 g/mol. The van der Waals surface area contributed by atoms with Gasteiger partial charge in [-0.15, -0.1) is 0 Å². The topological polar surface area (TPSA) is 81.7 Å². The highest BCUT2D eigenvalue weighted by Gasteiger charge is 2.22. The molecule has 0 atom stereocenters. The van der Waals surface area contributed by atoms with E-state index in [1.54, 1.807) is 4.90 Å². The third-order valence-electron chi connectivity index (χ3n) is 4.47. The van der Waals surface area contributed by atoms with Crippen LogP contribution in [-0.2, 0) is 9.59 Å². The van der Waals surface area contributed by atoms with Crippen molar-refractivity contribution < 1.29 is 14.7 Å². The van der Waals surface area contributed by atoms with E-state index in [0.29, 0.717) is 36.3 Å². The molecule has 0 spiro atoms. The lowest BCUT2D eigenvalue weighted by atomic mass is 9.93. The zero-order valence-electron chi connectivity index (χ0n) is 14.4. The van der Waals surface area contributed by atoms with Crippen LogP contribution >= 0.6 is 23.2 Å². The summed E-state index contributed by atoms with van der Waals surface area (Å²) in [6, 6.07) is 2.84. The lowest BCUT2D eigenvalue weighted by Gasteiger charge is -2.32. The number of hydrogen-bond donors (Lipinski definition) is 3. The molecule has 2 amide bonds. The first-order valence-electron chi connectivity index (χ1n) is 8.50. The molecule has 1 aromatic carbocycles. The van der Waals surface area contributed by atoms with Crippen LogP contribution in [0.4, 0.5) is 5.69 Å². The molecule has 8 heteroatoms. The molecule has 2 rings (SSSR count). The number of halogens is 2. The molecule has 1 heterocycles. The third kappa shape index (κ3) is 5.81. The third-order valence-corrected chi connectivity index (χ3v) is 5.20. The van der Waals surface area contributed by atoms with E-state index in [2.05, 4.69) is 17.2 Å². The number of hydrogen-bond acceptors (Lipinski definition) is 4. The van der Waals surface area contributed by atoms with Gasteiger partial charge in [0, 0.05) is 25.7 Å². The number of amides is 2. The predicted octanol–water partition coefficient (Wildman–Crippen LogP) is 3.04. The Morgan fingerprint density at radius 3 is 2.58 bits per heavy atom. The number of benzene rings is 1. The number of anilines is 1. The number of nitrogens with one attached hydrogen (secondary N) is 2. The maximum absolute atomic E-state index is 12.3. The van der Waals surface area contributed by atoms with Crippen molar-refractivity contribution in [3.05, 3.63) is 34.8 Å². The molecule has 6 nitrogen and oxygen atoms in total. The van der Waals surface area contributed by atoms with Gasteiger partial charge >= 0.3 is 0 Å². The van der Waals surface area contributed by atoms with E-state index in [0.717, 1.165) is 19.3 Å². The van der Waals surface area contributed by atoms with E-state index < -0.39 is 0 Å². The molecule has 1 fully saturated rings. The minimum absolute atomic E-state index is 0.0334. The number of nitrogens with zero attached hydrogens (tertiary/aromatic N) is 1. The van der Waals surface area contributed by atoms with Crippen molar-refractivity contribution in [2.75, 3.05) is 31.5 Å². The van der Waals surface area contributed by atoms with Crippen LogP contribution < -0.4 is 10.6 Å². The molecule has 0 bridgehead atoms. The molecular formula is C18H23Cl2N3O3. The number of aromatic hydroxyl groups is 1. The summed E-state index contributed by atoms with van der Waals surface area (Å²) in [4.78, 5) is 25.3. The first-order valence-corrected chi connectivity index (χ1v) is 9.26. The van der Waals surface area contributed by atoms with Crippen LogP contribution in [0.3, 0.4) is 0 Å². The van der Waals surface area contributed by atoms with Crippen molar-refractivity contribution in [1.29, 1.82) is 0 Å². The smallest absolute Gasteiger partial charge is 0.243 e. The van der Waals surface area contributed by atoms with E-state index in [-0.39, 0.29) is 29.1 Å². The maximum atomic E-state index is 12.3. The molecule has 1 saturated heterocycles. The molecule has 0 radical (unpaired) electrons. The first-order chi connectivity index (χ1) is 12.4. The summed E-state index contributed by atoms with van der Waals surface area (Å²) in [6.07, 6.45) is 3.98. The molecule has 1 aliphatic heterocycles. The van der Waals surface area contributed by atoms with Gasteiger partial charge < -0.3 is 20.6 Å². The van der Waals surface area contributed by atoms with Gasteiger partial charge in [-0.1, -0.05) is 29.8 Å². The van der Waals surface area contributed by atoms with Crippen LogP contribution in [0.1, 0.15) is 19.3 Å². The van der Waals surface area contributed by atoms with E-state index in [1.165, 1.54) is 18.2 Å². The van der Waals surface area contributed by atoms with Gasteiger partial charge in [-0.2, -0.15) is 0 Å². The van der Waals surface area contributed by atoms with Crippen molar-refractivity contribution in [3.8, 4) is 5.75 Å². The first kappa shape index (κ1) is 20.4. The number of piperidine rings is 1. The zero-order chi connectivity index (χ0) is 19.1. The lowest BCUT2D eigenvalue weighted by Crippen LogP contribution is -2.41. The second-order valence-corrected chi connectivity index (χ2v) is 7.06. The minimum atomic E-state index is -0.158. The summed E-state index contributed by atoms with van der Waals surface area (Å²) in [7, 11) is 0. The average Bonchev–Trinajstić information content (AvgIpc) is 2.63.